The molecular weight excluding hydrogens is 375 g/mol. The molecule has 5 rings (SSSR count). The molecule has 1 radical (unpaired) electrons. The third kappa shape index (κ3) is 3.16. The summed E-state index contributed by atoms with van der Waals surface area (Å²) in [5, 5.41) is 0. The zero-order valence-electron chi connectivity index (χ0n) is 14.9. The summed E-state index contributed by atoms with van der Waals surface area (Å²) in [6, 6.07) is 12.1. The summed E-state index contributed by atoms with van der Waals surface area (Å²) in [5.41, 5.74) is 9.50. The van der Waals surface area contributed by atoms with E-state index in [0.717, 1.165) is 56.0 Å². The van der Waals surface area contributed by atoms with Gasteiger partial charge in [0.1, 0.15) is 0 Å². The molecular formula is C22H16MnN4. The van der Waals surface area contributed by atoms with E-state index in [9.17, 15) is 0 Å². The van der Waals surface area contributed by atoms with E-state index in [-0.39, 0.29) is 17.1 Å². The topological polar surface area (TPSA) is 54.0 Å². The van der Waals surface area contributed by atoms with Crippen LogP contribution in [0.3, 0.4) is 0 Å². The van der Waals surface area contributed by atoms with Crippen molar-refractivity contribution in [2.75, 3.05) is 0 Å². The number of hydrogen-bond acceptors (Lipinski definition) is 2. The molecule has 0 amide bonds. The van der Waals surface area contributed by atoms with Gasteiger partial charge in [0.25, 0.3) is 0 Å². The summed E-state index contributed by atoms with van der Waals surface area (Å²) in [4.78, 5) is 18.9. The number of hydrogen-bond donors (Lipinski definition) is 0. The summed E-state index contributed by atoms with van der Waals surface area (Å²) in [5.74, 6) is 0. The Balaban J connectivity index is 0.00000180. The average Bonchev–Trinajstić information content (AvgIpc) is 3.41. The molecule has 2 aliphatic rings. The number of aryl methyl sites for hydroxylation is 2. The van der Waals surface area contributed by atoms with Crippen LogP contribution in [-0.4, -0.2) is 9.97 Å². The van der Waals surface area contributed by atoms with Gasteiger partial charge in [0.2, 0.25) is 0 Å². The summed E-state index contributed by atoms with van der Waals surface area (Å²) < 4.78 is 0. The Kier molecular flexibility index (Phi) is 4.34. The molecule has 3 aromatic heterocycles. The Morgan fingerprint density at radius 1 is 0.630 bits per heavy atom. The first-order valence-corrected chi connectivity index (χ1v) is 8.59. The van der Waals surface area contributed by atoms with Gasteiger partial charge in [-0.2, -0.15) is 0 Å². The molecule has 5 heteroatoms. The normalized spacial score (nSPS) is 12.2. The largest absolute Gasteiger partial charge is 2.00 e. The van der Waals surface area contributed by atoms with Crippen LogP contribution in [-0.2, 0) is 17.1 Å². The second kappa shape index (κ2) is 6.69. The summed E-state index contributed by atoms with van der Waals surface area (Å²) >= 11 is 0. The van der Waals surface area contributed by atoms with E-state index in [1.807, 2.05) is 60.7 Å². The molecule has 131 valence electrons. The van der Waals surface area contributed by atoms with Crippen molar-refractivity contribution in [2.45, 2.75) is 13.8 Å². The first kappa shape index (κ1) is 17.5. The molecule has 3 aromatic rings. The maximum Gasteiger partial charge on any atom is 2.00 e. The smallest absolute Gasteiger partial charge is 0.658 e. The van der Waals surface area contributed by atoms with Gasteiger partial charge in [0, 0.05) is 0 Å². The van der Waals surface area contributed by atoms with Gasteiger partial charge in [-0.15, -0.1) is 22.1 Å². The molecule has 0 aromatic carbocycles. The Hall–Kier alpha value is -2.88. The van der Waals surface area contributed by atoms with Crippen molar-refractivity contribution in [3.63, 3.8) is 0 Å². The quantitative estimate of drug-likeness (QED) is 0.364. The molecule has 8 bridgehead atoms. The fraction of sp³-hybridized carbons (Fsp3) is 0.0909. The van der Waals surface area contributed by atoms with Crippen LogP contribution in [0.25, 0.3) is 46.4 Å². The SMILES string of the molecule is Cc1c2nc(cc3ccc([n-]3)c(C)c3nc(cc4ccc1[n-]4)C=C3)C=C2.[Mn+2]. The van der Waals surface area contributed by atoms with E-state index >= 15 is 0 Å². The van der Waals surface area contributed by atoms with E-state index in [1.54, 1.807) is 0 Å². The van der Waals surface area contributed by atoms with Crippen molar-refractivity contribution in [1.29, 1.82) is 0 Å². The average molecular weight is 391 g/mol. The van der Waals surface area contributed by atoms with Gasteiger partial charge in [-0.25, -0.2) is 9.97 Å². The molecule has 27 heavy (non-hydrogen) atoms. The van der Waals surface area contributed by atoms with Crippen LogP contribution in [0.4, 0.5) is 0 Å². The number of rotatable bonds is 0. The Labute approximate surface area is 167 Å². The molecule has 2 aliphatic heterocycles. The third-order valence-electron chi connectivity index (χ3n) is 4.77. The van der Waals surface area contributed by atoms with Gasteiger partial charge < -0.3 is 9.97 Å². The number of nitrogens with zero attached hydrogens (tertiary/aromatic N) is 4. The fourth-order valence-corrected chi connectivity index (χ4v) is 3.23. The van der Waals surface area contributed by atoms with Crippen LogP contribution in [0.1, 0.15) is 33.9 Å². The molecule has 0 spiro atoms. The predicted molar refractivity (Wildman–Crippen MR) is 106 cm³/mol. The third-order valence-corrected chi connectivity index (χ3v) is 4.77. The van der Waals surface area contributed by atoms with Crippen molar-refractivity contribution < 1.29 is 17.1 Å². The van der Waals surface area contributed by atoms with Gasteiger partial charge in [0.05, 0.1) is 22.8 Å². The molecule has 0 saturated carbocycles. The minimum atomic E-state index is 0. The number of aromatic nitrogens is 4. The maximum atomic E-state index is 4.72. The van der Waals surface area contributed by atoms with Crippen molar-refractivity contribution >= 4 is 46.4 Å². The second-order valence-corrected chi connectivity index (χ2v) is 6.56. The molecule has 0 fully saturated rings. The van der Waals surface area contributed by atoms with Crippen LogP contribution in [0.5, 0.6) is 0 Å². The zero-order valence-corrected chi connectivity index (χ0v) is 16.1. The zero-order chi connectivity index (χ0) is 17.7. The molecule has 0 atom stereocenters. The van der Waals surface area contributed by atoms with Gasteiger partial charge in [-0.3, -0.25) is 0 Å². The van der Waals surface area contributed by atoms with Gasteiger partial charge in [-0.05, 0) is 49.3 Å². The second-order valence-electron chi connectivity index (χ2n) is 6.56. The van der Waals surface area contributed by atoms with Gasteiger partial charge >= 0.3 is 17.1 Å². The van der Waals surface area contributed by atoms with Crippen molar-refractivity contribution in [1.82, 2.24) is 19.9 Å². The van der Waals surface area contributed by atoms with Crippen LogP contribution in [0, 0.1) is 13.8 Å². The molecule has 0 saturated heterocycles. The fourth-order valence-electron chi connectivity index (χ4n) is 3.23. The van der Waals surface area contributed by atoms with E-state index < -0.39 is 0 Å². The molecule has 4 nitrogen and oxygen atoms in total. The summed E-state index contributed by atoms with van der Waals surface area (Å²) in [7, 11) is 0. The molecule has 0 unspecified atom stereocenters. The van der Waals surface area contributed by atoms with E-state index in [1.165, 1.54) is 0 Å². The Morgan fingerprint density at radius 2 is 1.07 bits per heavy atom. The van der Waals surface area contributed by atoms with Crippen LogP contribution >= 0.6 is 0 Å². The minimum absolute atomic E-state index is 0. The van der Waals surface area contributed by atoms with Gasteiger partial charge in [-0.1, -0.05) is 36.4 Å². The van der Waals surface area contributed by atoms with Crippen LogP contribution in [0.15, 0.2) is 36.4 Å². The first-order chi connectivity index (χ1) is 12.7. The Bertz CT molecular complexity index is 1160. The van der Waals surface area contributed by atoms with Crippen molar-refractivity contribution in [3.05, 3.63) is 70.3 Å². The number of fused-ring (bicyclic) bond motifs is 8. The van der Waals surface area contributed by atoms with Crippen LogP contribution in [0.2, 0.25) is 0 Å². The van der Waals surface area contributed by atoms with E-state index in [0.29, 0.717) is 0 Å². The molecule has 0 N–H and O–H groups in total. The molecule has 0 aliphatic carbocycles. The molecule has 5 heterocycles. The minimum Gasteiger partial charge on any atom is -0.658 e. The summed E-state index contributed by atoms with van der Waals surface area (Å²) in [6.45, 7) is 4.11. The maximum absolute atomic E-state index is 4.72. The summed E-state index contributed by atoms with van der Waals surface area (Å²) in [6.07, 6.45) is 8.09. The van der Waals surface area contributed by atoms with Crippen molar-refractivity contribution in [2.24, 2.45) is 0 Å². The first-order valence-electron chi connectivity index (χ1n) is 8.59. The van der Waals surface area contributed by atoms with Crippen molar-refractivity contribution in [3.8, 4) is 0 Å². The van der Waals surface area contributed by atoms with E-state index in [2.05, 4.69) is 13.8 Å². The standard InChI is InChI=1S/C22H16N4.Mn/c1-13-19-7-3-15(23-19)11-17-5-9-21(25-17)14(2)22-10-6-18(26-22)12-16-4-8-20(13)24-16;/h3-12H,1-2H3;/q-2;+2. The van der Waals surface area contributed by atoms with Crippen LogP contribution < -0.4 is 9.97 Å². The van der Waals surface area contributed by atoms with Gasteiger partial charge in [0.15, 0.2) is 0 Å². The Morgan fingerprint density at radius 3 is 1.52 bits per heavy atom. The monoisotopic (exact) mass is 391 g/mol. The van der Waals surface area contributed by atoms with E-state index in [4.69, 9.17) is 19.9 Å². The predicted octanol–water partition coefficient (Wildman–Crippen LogP) is 4.53.